The van der Waals surface area contributed by atoms with E-state index in [1.54, 1.807) is 23.7 Å². The average Bonchev–Trinajstić information content (AvgIpc) is 2.69. The molecule has 3 aromatic rings. The first kappa shape index (κ1) is 12.3. The number of hydrogen-bond acceptors (Lipinski definition) is 6. The Morgan fingerprint density at radius 2 is 2.11 bits per heavy atom. The number of aryl methyl sites for hydroxylation is 1. The lowest BCUT2D eigenvalue weighted by atomic mass is 10.3. The van der Waals surface area contributed by atoms with Crippen LogP contribution in [0.1, 0.15) is 4.88 Å². The third-order valence-corrected chi connectivity index (χ3v) is 3.77. The van der Waals surface area contributed by atoms with Crippen molar-refractivity contribution in [2.24, 2.45) is 0 Å². The third-order valence-electron chi connectivity index (χ3n) is 2.39. The largest absolute Gasteiger partial charge is 0.436 e. The molecule has 3 aromatic heterocycles. The second-order valence-corrected chi connectivity index (χ2v) is 6.05. The predicted molar refractivity (Wildman–Crippen MR) is 78.6 cm³/mol. The highest BCUT2D eigenvalue weighted by Crippen LogP contribution is 2.33. The van der Waals surface area contributed by atoms with Gasteiger partial charge in [-0.2, -0.15) is 4.98 Å². The minimum absolute atomic E-state index is 0.201. The highest BCUT2D eigenvalue weighted by Gasteiger charge is 2.11. The van der Waals surface area contributed by atoms with Gasteiger partial charge in [-0.1, -0.05) is 0 Å². The van der Waals surface area contributed by atoms with Gasteiger partial charge in [0.1, 0.15) is 10.6 Å². The van der Waals surface area contributed by atoms with Gasteiger partial charge in [-0.3, -0.25) is 4.98 Å². The van der Waals surface area contributed by atoms with E-state index in [9.17, 15) is 0 Å². The van der Waals surface area contributed by atoms with Gasteiger partial charge >= 0.3 is 0 Å². The second kappa shape index (κ2) is 4.75. The zero-order valence-electron chi connectivity index (χ0n) is 9.92. The number of nitrogens with two attached hydrogens (primary N) is 1. The smallest absolute Gasteiger partial charge is 0.232 e. The van der Waals surface area contributed by atoms with Crippen LogP contribution in [0.2, 0.25) is 0 Å². The molecule has 0 saturated heterocycles. The standard InChI is InChI=1S/C12H9BrN4OS/c1-6-2-9-10(16-12(14)17-11(9)19-6)18-8-3-7(13)4-15-5-8/h2-5H,1H3,(H2,14,16,17). The molecule has 19 heavy (non-hydrogen) atoms. The molecule has 5 nitrogen and oxygen atoms in total. The minimum atomic E-state index is 0.201. The van der Waals surface area contributed by atoms with Crippen LogP contribution >= 0.6 is 27.3 Å². The van der Waals surface area contributed by atoms with E-state index in [1.165, 1.54) is 0 Å². The first-order valence-corrected chi connectivity index (χ1v) is 7.05. The third kappa shape index (κ3) is 2.52. The second-order valence-electron chi connectivity index (χ2n) is 3.90. The van der Waals surface area contributed by atoms with Gasteiger partial charge in [0.15, 0.2) is 0 Å². The van der Waals surface area contributed by atoms with E-state index < -0.39 is 0 Å². The normalized spacial score (nSPS) is 10.8. The molecule has 0 radical (unpaired) electrons. The molecule has 7 heteroatoms. The number of pyridine rings is 1. The van der Waals surface area contributed by atoms with Crippen LogP contribution in [0.3, 0.4) is 0 Å². The van der Waals surface area contributed by atoms with Gasteiger partial charge < -0.3 is 10.5 Å². The Morgan fingerprint density at radius 1 is 1.26 bits per heavy atom. The zero-order chi connectivity index (χ0) is 13.4. The number of nitrogen functional groups attached to an aromatic ring is 1. The summed E-state index contributed by atoms with van der Waals surface area (Å²) < 4.78 is 6.59. The lowest BCUT2D eigenvalue weighted by Gasteiger charge is -2.06. The minimum Gasteiger partial charge on any atom is -0.436 e. The van der Waals surface area contributed by atoms with Crippen LogP contribution in [0.25, 0.3) is 10.2 Å². The van der Waals surface area contributed by atoms with Crippen molar-refractivity contribution in [1.29, 1.82) is 0 Å². The summed E-state index contributed by atoms with van der Waals surface area (Å²) in [7, 11) is 0. The van der Waals surface area contributed by atoms with Gasteiger partial charge in [0.25, 0.3) is 0 Å². The van der Waals surface area contributed by atoms with Gasteiger partial charge in [-0.25, -0.2) is 4.98 Å². The van der Waals surface area contributed by atoms with Crippen molar-refractivity contribution in [3.63, 3.8) is 0 Å². The Kier molecular flexibility index (Phi) is 3.08. The Labute approximate surface area is 121 Å². The molecular formula is C12H9BrN4OS. The Balaban J connectivity index is 2.09. The Bertz CT molecular complexity index is 759. The van der Waals surface area contributed by atoms with Gasteiger partial charge in [-0.15, -0.1) is 11.3 Å². The SMILES string of the molecule is Cc1cc2c(Oc3cncc(Br)c3)nc(N)nc2s1. The monoisotopic (exact) mass is 336 g/mol. The number of anilines is 1. The first-order valence-electron chi connectivity index (χ1n) is 5.44. The van der Waals surface area contributed by atoms with Gasteiger partial charge in [-0.05, 0) is 35.0 Å². The molecule has 0 atom stereocenters. The molecular weight excluding hydrogens is 328 g/mol. The van der Waals surface area contributed by atoms with Crippen LogP contribution in [0.15, 0.2) is 29.0 Å². The molecule has 0 amide bonds. The molecule has 0 aliphatic carbocycles. The maximum Gasteiger partial charge on any atom is 0.232 e. The van der Waals surface area contributed by atoms with Crippen molar-refractivity contribution >= 4 is 43.4 Å². The fourth-order valence-electron chi connectivity index (χ4n) is 1.67. The van der Waals surface area contributed by atoms with Crippen molar-refractivity contribution in [2.45, 2.75) is 6.92 Å². The first-order chi connectivity index (χ1) is 9.11. The van der Waals surface area contributed by atoms with Crippen LogP contribution in [-0.4, -0.2) is 15.0 Å². The van der Waals surface area contributed by atoms with Crippen LogP contribution in [0.4, 0.5) is 5.95 Å². The number of nitrogens with zero attached hydrogens (tertiary/aromatic N) is 3. The molecule has 0 aromatic carbocycles. The number of hydrogen-bond donors (Lipinski definition) is 1. The molecule has 2 N–H and O–H groups in total. The van der Waals surface area contributed by atoms with Crippen LogP contribution < -0.4 is 10.5 Å². The fraction of sp³-hybridized carbons (Fsp3) is 0.0833. The summed E-state index contributed by atoms with van der Waals surface area (Å²) in [6.07, 6.45) is 3.31. The lowest BCUT2D eigenvalue weighted by Crippen LogP contribution is -1.97. The molecule has 3 heterocycles. The number of ether oxygens (including phenoxy) is 1. The van der Waals surface area contributed by atoms with Gasteiger partial charge in [0.05, 0.1) is 11.6 Å². The lowest BCUT2D eigenvalue weighted by molar-refractivity contribution is 0.467. The summed E-state index contributed by atoms with van der Waals surface area (Å²) in [5.74, 6) is 1.25. The van der Waals surface area contributed by atoms with E-state index in [1.807, 2.05) is 19.1 Å². The summed E-state index contributed by atoms with van der Waals surface area (Å²) in [6.45, 7) is 2.01. The number of rotatable bonds is 2. The number of aromatic nitrogens is 3. The summed E-state index contributed by atoms with van der Waals surface area (Å²) >= 11 is 4.90. The van der Waals surface area contributed by atoms with E-state index in [2.05, 4.69) is 30.9 Å². The van der Waals surface area contributed by atoms with E-state index >= 15 is 0 Å². The van der Waals surface area contributed by atoms with E-state index in [4.69, 9.17) is 10.5 Å². The summed E-state index contributed by atoms with van der Waals surface area (Å²) in [5.41, 5.74) is 5.70. The Morgan fingerprint density at radius 3 is 2.89 bits per heavy atom. The van der Waals surface area contributed by atoms with Crippen LogP contribution in [-0.2, 0) is 0 Å². The molecule has 3 rings (SSSR count). The topological polar surface area (TPSA) is 73.9 Å². The quantitative estimate of drug-likeness (QED) is 0.774. The molecule has 0 bridgehead atoms. The molecule has 0 aliphatic heterocycles. The molecule has 0 spiro atoms. The molecule has 0 unspecified atom stereocenters. The maximum absolute atomic E-state index is 5.75. The van der Waals surface area contributed by atoms with Crippen molar-refractivity contribution in [2.75, 3.05) is 5.73 Å². The predicted octanol–water partition coefficient (Wildman–Crippen LogP) is 3.53. The molecule has 0 fully saturated rings. The Hall–Kier alpha value is -1.73. The van der Waals surface area contributed by atoms with Gasteiger partial charge in [0, 0.05) is 15.5 Å². The summed E-state index contributed by atoms with van der Waals surface area (Å²) in [5, 5.41) is 0.858. The van der Waals surface area contributed by atoms with Crippen molar-refractivity contribution in [1.82, 2.24) is 15.0 Å². The highest BCUT2D eigenvalue weighted by atomic mass is 79.9. The van der Waals surface area contributed by atoms with Crippen molar-refractivity contribution in [3.05, 3.63) is 33.9 Å². The van der Waals surface area contributed by atoms with Crippen molar-refractivity contribution < 1.29 is 4.74 Å². The van der Waals surface area contributed by atoms with E-state index in [-0.39, 0.29) is 5.95 Å². The molecule has 0 aliphatic rings. The van der Waals surface area contributed by atoms with Crippen LogP contribution in [0, 0.1) is 6.92 Å². The average molecular weight is 337 g/mol. The molecule has 96 valence electrons. The number of halogens is 1. The van der Waals surface area contributed by atoms with E-state index in [0.29, 0.717) is 11.6 Å². The summed E-state index contributed by atoms with van der Waals surface area (Å²) in [6, 6.07) is 3.80. The fourth-order valence-corrected chi connectivity index (χ4v) is 2.89. The van der Waals surface area contributed by atoms with Crippen molar-refractivity contribution in [3.8, 4) is 11.6 Å². The number of fused-ring (bicyclic) bond motifs is 1. The maximum atomic E-state index is 5.75. The zero-order valence-corrected chi connectivity index (χ0v) is 12.3. The molecule has 0 saturated carbocycles. The highest BCUT2D eigenvalue weighted by molar-refractivity contribution is 9.10. The van der Waals surface area contributed by atoms with E-state index in [0.717, 1.165) is 19.6 Å². The van der Waals surface area contributed by atoms with Gasteiger partial charge in [0.2, 0.25) is 11.8 Å². The van der Waals surface area contributed by atoms with Crippen LogP contribution in [0.5, 0.6) is 11.6 Å². The number of thiophene rings is 1. The summed E-state index contributed by atoms with van der Waals surface area (Å²) in [4.78, 5) is 14.3.